The zero-order valence-corrected chi connectivity index (χ0v) is 33.2. The van der Waals surface area contributed by atoms with Crippen molar-refractivity contribution in [3.63, 3.8) is 0 Å². The first-order valence-corrected chi connectivity index (χ1v) is 21.3. The van der Waals surface area contributed by atoms with Gasteiger partial charge in [-0.3, -0.25) is 14.4 Å². The van der Waals surface area contributed by atoms with Gasteiger partial charge in [0.05, 0.1) is 0 Å². The maximum atomic E-state index is 12.6. The van der Waals surface area contributed by atoms with Gasteiger partial charge in [-0.25, -0.2) is 0 Å². The van der Waals surface area contributed by atoms with Crippen LogP contribution in [0.3, 0.4) is 0 Å². The van der Waals surface area contributed by atoms with Gasteiger partial charge >= 0.3 is 17.9 Å². The van der Waals surface area contributed by atoms with E-state index >= 15 is 0 Å². The Morgan fingerprint density at radius 2 is 0.720 bits per heavy atom. The molecule has 0 radical (unpaired) electrons. The SMILES string of the molecule is CCCCCC/C=C\C/C=C\CCCCCCCCCC(=O)OCC(COC(=O)CCCCCCC)OC(=O)CCCCCCCCCCC. The summed E-state index contributed by atoms with van der Waals surface area (Å²) in [7, 11) is 0. The molecule has 0 aromatic carbocycles. The van der Waals surface area contributed by atoms with E-state index in [4.69, 9.17) is 14.2 Å². The lowest BCUT2D eigenvalue weighted by molar-refractivity contribution is -0.167. The van der Waals surface area contributed by atoms with Crippen molar-refractivity contribution in [3.8, 4) is 0 Å². The Bertz CT molecular complexity index is 819. The highest BCUT2D eigenvalue weighted by Gasteiger charge is 2.19. The second-order valence-electron chi connectivity index (χ2n) is 14.3. The summed E-state index contributed by atoms with van der Waals surface area (Å²) in [6.45, 7) is 6.50. The van der Waals surface area contributed by atoms with Gasteiger partial charge in [0.2, 0.25) is 0 Å². The Balaban J connectivity index is 4.17. The van der Waals surface area contributed by atoms with Gasteiger partial charge < -0.3 is 14.2 Å². The molecule has 6 heteroatoms. The van der Waals surface area contributed by atoms with E-state index in [0.717, 1.165) is 77.0 Å². The molecule has 0 aliphatic carbocycles. The largest absolute Gasteiger partial charge is 0.462 e. The molecule has 1 unspecified atom stereocenters. The molecule has 0 saturated heterocycles. The van der Waals surface area contributed by atoms with E-state index in [2.05, 4.69) is 45.1 Å². The Kier molecular flexibility index (Phi) is 38.0. The molecule has 0 aliphatic heterocycles. The quantitative estimate of drug-likeness (QED) is 0.0275. The summed E-state index contributed by atoms with van der Waals surface area (Å²) >= 11 is 0. The molecule has 0 aliphatic rings. The molecule has 0 bridgehead atoms. The van der Waals surface area contributed by atoms with Crippen molar-refractivity contribution in [1.29, 1.82) is 0 Å². The number of ether oxygens (including phenoxy) is 3. The van der Waals surface area contributed by atoms with Crippen LogP contribution >= 0.6 is 0 Å². The maximum absolute atomic E-state index is 12.6. The van der Waals surface area contributed by atoms with Crippen LogP contribution in [0.25, 0.3) is 0 Å². The Morgan fingerprint density at radius 3 is 1.12 bits per heavy atom. The zero-order chi connectivity index (χ0) is 36.6. The number of hydrogen-bond acceptors (Lipinski definition) is 6. The molecule has 0 heterocycles. The van der Waals surface area contributed by atoms with Crippen LogP contribution in [-0.4, -0.2) is 37.2 Å². The van der Waals surface area contributed by atoms with Gasteiger partial charge in [-0.2, -0.15) is 0 Å². The topological polar surface area (TPSA) is 78.9 Å². The number of carbonyl (C=O) groups is 3. The summed E-state index contributed by atoms with van der Waals surface area (Å²) in [4.78, 5) is 37.3. The van der Waals surface area contributed by atoms with Gasteiger partial charge in [-0.15, -0.1) is 0 Å². The fourth-order valence-electron chi connectivity index (χ4n) is 5.94. The minimum atomic E-state index is -0.763. The van der Waals surface area contributed by atoms with E-state index in [1.165, 1.54) is 103 Å². The Morgan fingerprint density at radius 1 is 0.400 bits per heavy atom. The van der Waals surface area contributed by atoms with Gasteiger partial charge in [-0.05, 0) is 51.4 Å². The molecule has 0 aromatic rings. The molecule has 0 fully saturated rings. The lowest BCUT2D eigenvalue weighted by Crippen LogP contribution is -2.30. The van der Waals surface area contributed by atoms with Crippen molar-refractivity contribution in [2.75, 3.05) is 13.2 Å². The second kappa shape index (κ2) is 39.7. The summed E-state index contributed by atoms with van der Waals surface area (Å²) in [6.07, 6.45) is 41.9. The van der Waals surface area contributed by atoms with Crippen molar-refractivity contribution in [2.45, 2.75) is 226 Å². The summed E-state index contributed by atoms with van der Waals surface area (Å²) in [5.41, 5.74) is 0. The van der Waals surface area contributed by atoms with Crippen LogP contribution in [0.15, 0.2) is 24.3 Å². The summed E-state index contributed by atoms with van der Waals surface area (Å²) in [5.74, 6) is -0.896. The number of allylic oxidation sites excluding steroid dienone is 4. The third kappa shape index (κ3) is 37.2. The van der Waals surface area contributed by atoms with E-state index in [-0.39, 0.29) is 31.1 Å². The average Bonchev–Trinajstić information content (AvgIpc) is 3.11. The van der Waals surface area contributed by atoms with Crippen LogP contribution in [0.1, 0.15) is 220 Å². The Labute approximate surface area is 309 Å². The average molecular weight is 705 g/mol. The van der Waals surface area contributed by atoms with Crippen LogP contribution in [0.2, 0.25) is 0 Å². The van der Waals surface area contributed by atoms with Crippen molar-refractivity contribution in [2.24, 2.45) is 0 Å². The van der Waals surface area contributed by atoms with E-state index in [1.807, 2.05) is 0 Å². The molecular weight excluding hydrogens is 624 g/mol. The molecule has 0 saturated carbocycles. The minimum Gasteiger partial charge on any atom is -0.462 e. The minimum absolute atomic E-state index is 0.0728. The fraction of sp³-hybridized carbons (Fsp3) is 0.841. The number of carbonyl (C=O) groups excluding carboxylic acids is 3. The lowest BCUT2D eigenvalue weighted by atomic mass is 10.1. The van der Waals surface area contributed by atoms with Gasteiger partial charge in [0, 0.05) is 19.3 Å². The molecule has 0 spiro atoms. The van der Waals surface area contributed by atoms with Crippen molar-refractivity contribution >= 4 is 17.9 Å². The molecule has 1 atom stereocenters. The van der Waals surface area contributed by atoms with Crippen LogP contribution < -0.4 is 0 Å². The van der Waals surface area contributed by atoms with Gasteiger partial charge in [0.1, 0.15) is 13.2 Å². The fourth-order valence-corrected chi connectivity index (χ4v) is 5.94. The normalized spacial score (nSPS) is 12.1. The molecule has 292 valence electrons. The van der Waals surface area contributed by atoms with E-state index < -0.39 is 6.10 Å². The third-order valence-electron chi connectivity index (χ3n) is 9.21. The summed E-state index contributed by atoms with van der Waals surface area (Å²) < 4.78 is 16.5. The lowest BCUT2D eigenvalue weighted by Gasteiger charge is -2.18. The number of esters is 3. The van der Waals surface area contributed by atoms with Crippen LogP contribution in [0, 0.1) is 0 Å². The van der Waals surface area contributed by atoms with E-state index in [1.54, 1.807) is 0 Å². The third-order valence-corrected chi connectivity index (χ3v) is 9.21. The first-order valence-electron chi connectivity index (χ1n) is 21.3. The van der Waals surface area contributed by atoms with Crippen molar-refractivity contribution in [3.05, 3.63) is 24.3 Å². The van der Waals surface area contributed by atoms with Crippen LogP contribution in [0.5, 0.6) is 0 Å². The standard InChI is InChI=1S/C44H80O6/c1-4-7-10-13-15-17-18-19-20-21-22-23-24-25-27-28-31-34-37-43(46)49-40-41(39-48-42(45)36-33-30-12-9-6-3)50-44(47)38-35-32-29-26-16-14-11-8-5-2/h17-18,20-21,41H,4-16,19,22-40H2,1-3H3/b18-17-,21-20-. The highest BCUT2D eigenvalue weighted by Crippen LogP contribution is 2.14. The first-order chi connectivity index (χ1) is 24.5. The Hall–Kier alpha value is -2.11. The van der Waals surface area contributed by atoms with Gasteiger partial charge in [0.25, 0.3) is 0 Å². The first kappa shape index (κ1) is 47.9. The van der Waals surface area contributed by atoms with Crippen molar-refractivity contribution < 1.29 is 28.6 Å². The highest BCUT2D eigenvalue weighted by molar-refractivity contribution is 5.71. The van der Waals surface area contributed by atoms with Crippen molar-refractivity contribution in [1.82, 2.24) is 0 Å². The van der Waals surface area contributed by atoms with Crippen LogP contribution in [0.4, 0.5) is 0 Å². The molecule has 0 rings (SSSR count). The summed E-state index contributed by atoms with van der Waals surface area (Å²) in [6, 6.07) is 0. The second-order valence-corrected chi connectivity index (χ2v) is 14.3. The highest BCUT2D eigenvalue weighted by atomic mass is 16.6. The van der Waals surface area contributed by atoms with Gasteiger partial charge in [0.15, 0.2) is 6.10 Å². The molecular formula is C44H80O6. The van der Waals surface area contributed by atoms with E-state index in [0.29, 0.717) is 19.3 Å². The van der Waals surface area contributed by atoms with E-state index in [9.17, 15) is 14.4 Å². The predicted molar refractivity (Wildman–Crippen MR) is 210 cm³/mol. The maximum Gasteiger partial charge on any atom is 0.306 e. The number of rotatable bonds is 38. The summed E-state index contributed by atoms with van der Waals surface area (Å²) in [5, 5.41) is 0. The molecule has 50 heavy (non-hydrogen) atoms. The number of unbranched alkanes of at least 4 members (excludes halogenated alkanes) is 23. The molecule has 6 nitrogen and oxygen atoms in total. The van der Waals surface area contributed by atoms with Crippen LogP contribution in [-0.2, 0) is 28.6 Å². The number of hydrogen-bond donors (Lipinski definition) is 0. The predicted octanol–water partition coefficient (Wildman–Crippen LogP) is 13.2. The molecule has 0 aromatic heterocycles. The van der Waals surface area contributed by atoms with Gasteiger partial charge in [-0.1, -0.05) is 173 Å². The molecule has 0 amide bonds. The molecule has 0 N–H and O–H groups in total. The zero-order valence-electron chi connectivity index (χ0n) is 33.2. The monoisotopic (exact) mass is 705 g/mol. The smallest absolute Gasteiger partial charge is 0.306 e.